The average Bonchev–Trinajstić information content (AvgIpc) is 1.63. The van der Waals surface area contributed by atoms with Gasteiger partial charge in [0.1, 0.15) is 0 Å². The standard InChI is InChI=1S/C6H14N2O/c1-4-6(2,3)8-5(7)9/h4H2,1-3H3,(H3,7,8,9). The molecule has 0 saturated heterocycles. The summed E-state index contributed by atoms with van der Waals surface area (Å²) < 4.78 is 0. The van der Waals surface area contributed by atoms with Crippen molar-refractivity contribution < 1.29 is 4.79 Å². The topological polar surface area (TPSA) is 55.1 Å². The normalized spacial score (nSPS) is 11.0. The largest absolute Gasteiger partial charge is 0.352 e. The van der Waals surface area contributed by atoms with Crippen LogP contribution in [0.1, 0.15) is 27.2 Å². The molecule has 0 aliphatic rings. The molecule has 0 heterocycles. The second kappa shape index (κ2) is 2.71. The Morgan fingerprint density at radius 1 is 1.67 bits per heavy atom. The monoisotopic (exact) mass is 130 g/mol. The zero-order valence-electron chi connectivity index (χ0n) is 6.19. The highest BCUT2D eigenvalue weighted by Crippen LogP contribution is 2.05. The van der Waals surface area contributed by atoms with E-state index < -0.39 is 6.03 Å². The van der Waals surface area contributed by atoms with Gasteiger partial charge in [0.25, 0.3) is 0 Å². The molecule has 0 atom stereocenters. The minimum absolute atomic E-state index is 0.161. The maximum absolute atomic E-state index is 10.3. The maximum atomic E-state index is 10.3. The summed E-state index contributed by atoms with van der Waals surface area (Å²) in [4.78, 5) is 10.3. The van der Waals surface area contributed by atoms with E-state index in [0.717, 1.165) is 6.42 Å². The van der Waals surface area contributed by atoms with Gasteiger partial charge in [-0.25, -0.2) is 4.79 Å². The van der Waals surface area contributed by atoms with Crippen LogP contribution in [-0.4, -0.2) is 11.6 Å². The lowest BCUT2D eigenvalue weighted by atomic mass is 10.0. The third-order valence-corrected chi connectivity index (χ3v) is 1.35. The third-order valence-electron chi connectivity index (χ3n) is 1.35. The van der Waals surface area contributed by atoms with Crippen molar-refractivity contribution >= 4 is 6.03 Å². The average molecular weight is 130 g/mol. The number of nitrogens with two attached hydrogens (primary N) is 1. The predicted molar refractivity (Wildman–Crippen MR) is 37.1 cm³/mol. The van der Waals surface area contributed by atoms with Crippen LogP contribution in [0.5, 0.6) is 0 Å². The highest BCUT2D eigenvalue weighted by atomic mass is 16.2. The summed E-state index contributed by atoms with van der Waals surface area (Å²) >= 11 is 0. The molecule has 3 heteroatoms. The van der Waals surface area contributed by atoms with Crippen molar-refractivity contribution in [1.29, 1.82) is 0 Å². The molecule has 9 heavy (non-hydrogen) atoms. The van der Waals surface area contributed by atoms with Gasteiger partial charge in [-0.05, 0) is 20.3 Å². The Kier molecular flexibility index (Phi) is 2.49. The Labute approximate surface area is 55.6 Å². The summed E-state index contributed by atoms with van der Waals surface area (Å²) in [5.74, 6) is 0. The smallest absolute Gasteiger partial charge is 0.312 e. The summed E-state index contributed by atoms with van der Waals surface area (Å²) in [7, 11) is 0. The van der Waals surface area contributed by atoms with E-state index in [2.05, 4.69) is 5.32 Å². The zero-order chi connectivity index (χ0) is 7.49. The van der Waals surface area contributed by atoms with Crippen molar-refractivity contribution in [2.45, 2.75) is 32.7 Å². The molecular weight excluding hydrogens is 116 g/mol. The third kappa shape index (κ3) is 3.82. The first-order valence-electron chi connectivity index (χ1n) is 3.05. The number of rotatable bonds is 2. The van der Waals surface area contributed by atoms with Gasteiger partial charge >= 0.3 is 6.03 Å². The van der Waals surface area contributed by atoms with Crippen LogP contribution in [-0.2, 0) is 0 Å². The summed E-state index contributed by atoms with van der Waals surface area (Å²) in [6, 6.07) is -0.457. The fourth-order valence-electron chi connectivity index (χ4n) is 0.422. The lowest BCUT2D eigenvalue weighted by Gasteiger charge is -2.22. The quantitative estimate of drug-likeness (QED) is 0.572. The highest BCUT2D eigenvalue weighted by Gasteiger charge is 2.14. The maximum Gasteiger partial charge on any atom is 0.312 e. The lowest BCUT2D eigenvalue weighted by Crippen LogP contribution is -2.45. The van der Waals surface area contributed by atoms with E-state index in [-0.39, 0.29) is 5.54 Å². The number of carbonyl (C=O) groups excluding carboxylic acids is 1. The molecule has 0 aromatic rings. The van der Waals surface area contributed by atoms with Crippen molar-refractivity contribution in [2.24, 2.45) is 5.73 Å². The molecule has 3 N–H and O–H groups in total. The van der Waals surface area contributed by atoms with Crippen molar-refractivity contribution in [3.05, 3.63) is 0 Å². The molecule has 54 valence electrons. The molecule has 0 rings (SSSR count). The first-order chi connectivity index (χ1) is 3.98. The van der Waals surface area contributed by atoms with Crippen LogP contribution in [0.2, 0.25) is 0 Å². The first-order valence-corrected chi connectivity index (χ1v) is 3.05. The Bertz CT molecular complexity index is 110. The van der Waals surface area contributed by atoms with E-state index in [9.17, 15) is 4.79 Å². The number of hydrogen-bond acceptors (Lipinski definition) is 1. The van der Waals surface area contributed by atoms with E-state index >= 15 is 0 Å². The molecule has 0 aromatic heterocycles. The van der Waals surface area contributed by atoms with Crippen molar-refractivity contribution in [3.8, 4) is 0 Å². The number of urea groups is 1. The van der Waals surface area contributed by atoms with Crippen LogP contribution < -0.4 is 11.1 Å². The minimum atomic E-state index is -0.457. The molecule has 3 nitrogen and oxygen atoms in total. The molecular formula is C6H14N2O. The Morgan fingerprint density at radius 3 is 2.22 bits per heavy atom. The Morgan fingerprint density at radius 2 is 2.11 bits per heavy atom. The number of amides is 2. The molecule has 0 bridgehead atoms. The number of hydrogen-bond donors (Lipinski definition) is 2. The molecule has 0 aliphatic heterocycles. The summed E-state index contributed by atoms with van der Waals surface area (Å²) in [5, 5.41) is 2.61. The van der Waals surface area contributed by atoms with Crippen molar-refractivity contribution in [3.63, 3.8) is 0 Å². The van der Waals surface area contributed by atoms with Crippen LogP contribution in [0.15, 0.2) is 0 Å². The molecule has 0 fully saturated rings. The highest BCUT2D eigenvalue weighted by molar-refractivity contribution is 5.72. The van der Waals surface area contributed by atoms with Gasteiger partial charge in [0.2, 0.25) is 0 Å². The second-order valence-electron chi connectivity index (χ2n) is 2.73. The fourth-order valence-corrected chi connectivity index (χ4v) is 0.422. The van der Waals surface area contributed by atoms with E-state index in [1.807, 2.05) is 20.8 Å². The molecule has 0 radical (unpaired) electrons. The van der Waals surface area contributed by atoms with E-state index in [0.29, 0.717) is 0 Å². The summed E-state index contributed by atoms with van der Waals surface area (Å²) in [5.41, 5.74) is 4.74. The number of primary amides is 1. The predicted octanol–water partition coefficient (Wildman–Crippen LogP) is 0.843. The van der Waals surface area contributed by atoms with E-state index in [1.165, 1.54) is 0 Å². The molecule has 2 amide bonds. The van der Waals surface area contributed by atoms with Gasteiger partial charge in [0, 0.05) is 5.54 Å². The van der Waals surface area contributed by atoms with Crippen LogP contribution >= 0.6 is 0 Å². The van der Waals surface area contributed by atoms with Gasteiger partial charge in [0.15, 0.2) is 0 Å². The van der Waals surface area contributed by atoms with E-state index in [1.54, 1.807) is 0 Å². The number of carbonyl (C=O) groups is 1. The van der Waals surface area contributed by atoms with Gasteiger partial charge in [0.05, 0.1) is 0 Å². The molecule has 0 aliphatic carbocycles. The van der Waals surface area contributed by atoms with Crippen LogP contribution in [0.4, 0.5) is 4.79 Å². The van der Waals surface area contributed by atoms with E-state index in [4.69, 9.17) is 5.73 Å². The van der Waals surface area contributed by atoms with Crippen LogP contribution in [0.25, 0.3) is 0 Å². The molecule has 0 spiro atoms. The van der Waals surface area contributed by atoms with Gasteiger partial charge in [-0.1, -0.05) is 6.92 Å². The van der Waals surface area contributed by atoms with Gasteiger partial charge in [-0.15, -0.1) is 0 Å². The molecule has 0 unspecified atom stereocenters. The lowest BCUT2D eigenvalue weighted by molar-refractivity contribution is 0.237. The van der Waals surface area contributed by atoms with Crippen molar-refractivity contribution in [2.75, 3.05) is 0 Å². The van der Waals surface area contributed by atoms with Crippen LogP contribution in [0, 0.1) is 0 Å². The Balaban J connectivity index is 3.71. The first kappa shape index (κ1) is 8.27. The SMILES string of the molecule is CCC(C)(C)NC(N)=O. The second-order valence-corrected chi connectivity index (χ2v) is 2.73. The molecule has 0 saturated carbocycles. The van der Waals surface area contributed by atoms with Crippen LogP contribution in [0.3, 0.4) is 0 Å². The van der Waals surface area contributed by atoms with Gasteiger partial charge < -0.3 is 11.1 Å². The van der Waals surface area contributed by atoms with Gasteiger partial charge in [-0.3, -0.25) is 0 Å². The minimum Gasteiger partial charge on any atom is -0.352 e. The Hall–Kier alpha value is -0.730. The molecule has 0 aromatic carbocycles. The number of nitrogens with one attached hydrogen (secondary N) is 1. The fraction of sp³-hybridized carbons (Fsp3) is 0.833. The summed E-state index contributed by atoms with van der Waals surface area (Å²) in [6.45, 7) is 5.85. The summed E-state index contributed by atoms with van der Waals surface area (Å²) in [6.07, 6.45) is 0.885. The van der Waals surface area contributed by atoms with Crippen molar-refractivity contribution in [1.82, 2.24) is 5.32 Å². The van der Waals surface area contributed by atoms with Gasteiger partial charge in [-0.2, -0.15) is 0 Å². The zero-order valence-corrected chi connectivity index (χ0v) is 6.19.